The van der Waals surface area contributed by atoms with Gasteiger partial charge in [0.05, 0.1) is 11.3 Å². The molecule has 0 radical (unpaired) electrons. The zero-order valence-corrected chi connectivity index (χ0v) is 9.36. The molecule has 84 valence electrons. The normalized spacial score (nSPS) is 10.9. The summed E-state index contributed by atoms with van der Waals surface area (Å²) in [6.07, 6.45) is 1.65. The molecule has 3 aromatic rings. The average Bonchev–Trinajstić information content (AvgIpc) is 2.82. The maximum absolute atomic E-state index is 11.8. The number of nitrogens with zero attached hydrogens (tertiary/aromatic N) is 1. The molecule has 0 saturated carbocycles. The Balaban J connectivity index is 2.33. The highest BCUT2D eigenvalue weighted by Crippen LogP contribution is 2.22. The number of aromatic nitrogens is 2. The number of halogens is 1. The second kappa shape index (κ2) is 3.75. The number of aromatic amines is 1. The lowest BCUT2D eigenvalue weighted by molar-refractivity contribution is 0.563. The van der Waals surface area contributed by atoms with E-state index in [1.165, 1.54) is 0 Å². The second-order valence-electron chi connectivity index (χ2n) is 3.59. The Labute approximate surface area is 101 Å². The predicted octanol–water partition coefficient (Wildman–Crippen LogP) is 2.84. The van der Waals surface area contributed by atoms with Crippen LogP contribution in [0.1, 0.15) is 0 Å². The molecular formula is C12H7ClN2O2. The molecule has 0 aliphatic heterocycles. The Morgan fingerprint density at radius 2 is 2.12 bits per heavy atom. The number of hydrogen-bond acceptors (Lipinski definition) is 3. The Kier molecular flexibility index (Phi) is 2.23. The highest BCUT2D eigenvalue weighted by molar-refractivity contribution is 6.31. The van der Waals surface area contributed by atoms with E-state index in [1.807, 2.05) is 0 Å². The van der Waals surface area contributed by atoms with E-state index in [1.54, 1.807) is 36.5 Å². The van der Waals surface area contributed by atoms with Crippen molar-refractivity contribution in [1.29, 1.82) is 0 Å². The van der Waals surface area contributed by atoms with Crippen LogP contribution >= 0.6 is 11.6 Å². The smallest absolute Gasteiger partial charge is 0.345 e. The SMILES string of the molecule is O=c1oc2ccc(Cl)cc2cc1-c1cc[nH]n1. The lowest BCUT2D eigenvalue weighted by Gasteiger charge is -1.99. The number of hydrogen-bond donors (Lipinski definition) is 1. The summed E-state index contributed by atoms with van der Waals surface area (Å²) in [5, 5.41) is 7.99. The van der Waals surface area contributed by atoms with Crippen molar-refractivity contribution < 1.29 is 4.42 Å². The van der Waals surface area contributed by atoms with Gasteiger partial charge in [-0.2, -0.15) is 5.10 Å². The molecule has 5 heteroatoms. The minimum Gasteiger partial charge on any atom is -0.422 e. The topological polar surface area (TPSA) is 58.9 Å². The monoisotopic (exact) mass is 246 g/mol. The Hall–Kier alpha value is -2.07. The predicted molar refractivity (Wildman–Crippen MR) is 65.1 cm³/mol. The van der Waals surface area contributed by atoms with Crippen LogP contribution in [0.15, 0.2) is 45.7 Å². The second-order valence-corrected chi connectivity index (χ2v) is 4.03. The molecule has 0 bridgehead atoms. The molecule has 3 rings (SSSR count). The Morgan fingerprint density at radius 3 is 2.88 bits per heavy atom. The molecule has 0 saturated heterocycles. The molecule has 0 amide bonds. The molecular weight excluding hydrogens is 240 g/mol. The standard InChI is InChI=1S/C12H7ClN2O2/c13-8-1-2-11-7(5-8)6-9(12(16)17-11)10-3-4-14-15-10/h1-6H,(H,14,15). The molecule has 2 heterocycles. The largest absolute Gasteiger partial charge is 0.422 e. The fourth-order valence-corrected chi connectivity index (χ4v) is 1.86. The van der Waals surface area contributed by atoms with Crippen molar-refractivity contribution in [3.63, 3.8) is 0 Å². The van der Waals surface area contributed by atoms with Crippen molar-refractivity contribution in [3.05, 3.63) is 52.0 Å². The van der Waals surface area contributed by atoms with Crippen LogP contribution in [0.4, 0.5) is 0 Å². The van der Waals surface area contributed by atoms with Gasteiger partial charge in [-0.15, -0.1) is 0 Å². The van der Waals surface area contributed by atoms with Gasteiger partial charge in [-0.25, -0.2) is 4.79 Å². The van der Waals surface area contributed by atoms with Gasteiger partial charge in [0.1, 0.15) is 5.58 Å². The van der Waals surface area contributed by atoms with E-state index >= 15 is 0 Å². The van der Waals surface area contributed by atoms with E-state index in [-0.39, 0.29) is 0 Å². The lowest BCUT2D eigenvalue weighted by Crippen LogP contribution is -2.02. The first-order chi connectivity index (χ1) is 8.24. The van der Waals surface area contributed by atoms with Gasteiger partial charge in [-0.05, 0) is 30.3 Å². The van der Waals surface area contributed by atoms with Crippen molar-refractivity contribution in [3.8, 4) is 11.3 Å². The highest BCUT2D eigenvalue weighted by atomic mass is 35.5. The van der Waals surface area contributed by atoms with Gasteiger partial charge in [0.2, 0.25) is 0 Å². The number of rotatable bonds is 1. The molecule has 0 spiro atoms. The van der Waals surface area contributed by atoms with E-state index in [4.69, 9.17) is 16.0 Å². The molecule has 0 atom stereocenters. The Morgan fingerprint density at radius 1 is 1.24 bits per heavy atom. The number of fused-ring (bicyclic) bond motifs is 1. The van der Waals surface area contributed by atoms with Gasteiger partial charge in [0.25, 0.3) is 0 Å². The fourth-order valence-electron chi connectivity index (χ4n) is 1.68. The first-order valence-electron chi connectivity index (χ1n) is 4.97. The number of H-pyrrole nitrogens is 1. The Bertz CT molecular complexity index is 732. The molecule has 0 unspecified atom stereocenters. The minimum atomic E-state index is -0.410. The number of benzene rings is 1. The van der Waals surface area contributed by atoms with Crippen LogP contribution in [-0.4, -0.2) is 10.2 Å². The van der Waals surface area contributed by atoms with Gasteiger partial charge in [0, 0.05) is 16.6 Å². The third kappa shape index (κ3) is 1.72. The van der Waals surface area contributed by atoms with Crippen LogP contribution in [-0.2, 0) is 0 Å². The summed E-state index contributed by atoms with van der Waals surface area (Å²) >= 11 is 5.89. The summed E-state index contributed by atoms with van der Waals surface area (Å²) in [4.78, 5) is 11.8. The van der Waals surface area contributed by atoms with Crippen LogP contribution in [0.5, 0.6) is 0 Å². The van der Waals surface area contributed by atoms with Gasteiger partial charge in [-0.1, -0.05) is 11.6 Å². The van der Waals surface area contributed by atoms with Crippen LogP contribution in [0.25, 0.3) is 22.2 Å². The highest BCUT2D eigenvalue weighted by Gasteiger charge is 2.09. The van der Waals surface area contributed by atoms with Crippen LogP contribution in [0.2, 0.25) is 5.02 Å². The van der Waals surface area contributed by atoms with Crippen LogP contribution < -0.4 is 5.63 Å². The zero-order valence-electron chi connectivity index (χ0n) is 8.61. The molecule has 1 N–H and O–H groups in total. The summed E-state index contributed by atoms with van der Waals surface area (Å²) in [6, 6.07) is 8.54. The molecule has 4 nitrogen and oxygen atoms in total. The van der Waals surface area contributed by atoms with Crippen LogP contribution in [0, 0.1) is 0 Å². The van der Waals surface area contributed by atoms with Crippen molar-refractivity contribution >= 4 is 22.6 Å². The zero-order chi connectivity index (χ0) is 11.8. The molecule has 1 aromatic carbocycles. The molecule has 0 aliphatic rings. The summed E-state index contributed by atoms with van der Waals surface area (Å²) in [5.41, 5.74) is 1.08. The molecule has 2 aromatic heterocycles. The van der Waals surface area contributed by atoms with E-state index < -0.39 is 5.63 Å². The minimum absolute atomic E-state index is 0.410. The van der Waals surface area contributed by atoms with Crippen LogP contribution in [0.3, 0.4) is 0 Å². The third-order valence-corrected chi connectivity index (χ3v) is 2.71. The van der Waals surface area contributed by atoms with Gasteiger partial charge < -0.3 is 4.42 Å². The molecule has 0 fully saturated rings. The van der Waals surface area contributed by atoms with Gasteiger partial charge in [-0.3, -0.25) is 5.10 Å². The van der Waals surface area contributed by atoms with E-state index in [2.05, 4.69) is 10.2 Å². The maximum atomic E-state index is 11.8. The summed E-state index contributed by atoms with van der Waals surface area (Å²) in [6.45, 7) is 0. The van der Waals surface area contributed by atoms with Gasteiger partial charge in [0.15, 0.2) is 0 Å². The van der Waals surface area contributed by atoms with E-state index in [9.17, 15) is 4.79 Å². The summed E-state index contributed by atoms with van der Waals surface area (Å²) in [7, 11) is 0. The van der Waals surface area contributed by atoms with E-state index in [0.29, 0.717) is 21.9 Å². The first-order valence-corrected chi connectivity index (χ1v) is 5.35. The molecule has 0 aliphatic carbocycles. The summed E-state index contributed by atoms with van der Waals surface area (Å²) in [5.74, 6) is 0. The quantitative estimate of drug-likeness (QED) is 0.672. The number of nitrogens with one attached hydrogen (secondary N) is 1. The van der Waals surface area contributed by atoms with Crippen molar-refractivity contribution in [2.75, 3.05) is 0 Å². The fraction of sp³-hybridized carbons (Fsp3) is 0. The summed E-state index contributed by atoms with van der Waals surface area (Å²) < 4.78 is 5.20. The van der Waals surface area contributed by atoms with Crippen molar-refractivity contribution in [1.82, 2.24) is 10.2 Å². The first kappa shape index (κ1) is 10.1. The van der Waals surface area contributed by atoms with E-state index in [0.717, 1.165) is 5.39 Å². The van der Waals surface area contributed by atoms with Crippen molar-refractivity contribution in [2.24, 2.45) is 0 Å². The van der Waals surface area contributed by atoms with Crippen molar-refractivity contribution in [2.45, 2.75) is 0 Å². The average molecular weight is 247 g/mol. The molecule has 17 heavy (non-hydrogen) atoms. The maximum Gasteiger partial charge on any atom is 0.345 e. The third-order valence-electron chi connectivity index (χ3n) is 2.47. The van der Waals surface area contributed by atoms with Gasteiger partial charge >= 0.3 is 5.63 Å². The lowest BCUT2D eigenvalue weighted by atomic mass is 10.1.